The van der Waals surface area contributed by atoms with E-state index in [1.165, 1.54) is 6.21 Å². The van der Waals surface area contributed by atoms with Crippen molar-refractivity contribution in [3.05, 3.63) is 68.7 Å². The maximum absolute atomic E-state index is 12.2. The van der Waals surface area contributed by atoms with Crippen molar-refractivity contribution in [2.24, 2.45) is 0 Å². The summed E-state index contributed by atoms with van der Waals surface area (Å²) in [5.41, 5.74) is 1.37. The van der Waals surface area contributed by atoms with Gasteiger partial charge in [0.1, 0.15) is 0 Å². The predicted octanol–water partition coefficient (Wildman–Crippen LogP) is 5.65. The van der Waals surface area contributed by atoms with Crippen LogP contribution >= 0.6 is 34.8 Å². The minimum atomic E-state index is -0.331. The number of hydrogen-bond acceptors (Lipinski definition) is 2. The molecule has 2 rings (SSSR count). The standard InChI is InChI=1S/C16H12Cl3NO/c17-13-4-1-10(2-5-13)16(21)8-12(9-20)11-3-6-14(18)15(19)7-11/h1-7,9,12,20H,8H2. The molecule has 0 heterocycles. The van der Waals surface area contributed by atoms with Gasteiger partial charge in [-0.1, -0.05) is 40.9 Å². The first kappa shape index (κ1) is 16.0. The lowest BCUT2D eigenvalue weighted by atomic mass is 9.92. The molecule has 2 aromatic rings. The van der Waals surface area contributed by atoms with Crippen LogP contribution in [0.4, 0.5) is 0 Å². The number of benzene rings is 2. The molecular weight excluding hydrogens is 329 g/mol. The molecular formula is C16H12Cl3NO. The molecule has 0 fully saturated rings. The average Bonchev–Trinajstić information content (AvgIpc) is 2.48. The van der Waals surface area contributed by atoms with Crippen molar-refractivity contribution < 1.29 is 4.79 Å². The molecule has 5 heteroatoms. The third kappa shape index (κ3) is 4.07. The highest BCUT2D eigenvalue weighted by molar-refractivity contribution is 6.42. The molecule has 0 aliphatic rings. The number of halogens is 3. The van der Waals surface area contributed by atoms with Crippen molar-refractivity contribution in [1.82, 2.24) is 0 Å². The van der Waals surface area contributed by atoms with Crippen molar-refractivity contribution in [2.45, 2.75) is 12.3 Å². The second-order valence-corrected chi connectivity index (χ2v) is 5.83. The van der Waals surface area contributed by atoms with E-state index in [9.17, 15) is 4.79 Å². The fraction of sp³-hybridized carbons (Fsp3) is 0.125. The van der Waals surface area contributed by atoms with Gasteiger partial charge >= 0.3 is 0 Å². The topological polar surface area (TPSA) is 40.9 Å². The van der Waals surface area contributed by atoms with Crippen LogP contribution < -0.4 is 0 Å². The third-order valence-corrected chi connectivity index (χ3v) is 4.14. The van der Waals surface area contributed by atoms with Gasteiger partial charge < -0.3 is 5.41 Å². The van der Waals surface area contributed by atoms with Crippen LogP contribution in [-0.4, -0.2) is 12.0 Å². The maximum atomic E-state index is 12.2. The normalized spacial score (nSPS) is 12.0. The molecule has 0 saturated heterocycles. The average molecular weight is 341 g/mol. The number of Topliss-reactive ketones (excluding diaryl/α,β-unsaturated/α-hetero) is 1. The van der Waals surface area contributed by atoms with Gasteiger partial charge in [-0.05, 0) is 42.0 Å². The second kappa shape index (κ2) is 7.08. The van der Waals surface area contributed by atoms with Crippen LogP contribution in [0.25, 0.3) is 0 Å². The summed E-state index contributed by atoms with van der Waals surface area (Å²) in [5.74, 6) is -0.380. The highest BCUT2D eigenvalue weighted by atomic mass is 35.5. The summed E-state index contributed by atoms with van der Waals surface area (Å²) in [7, 11) is 0. The van der Waals surface area contributed by atoms with E-state index in [1.54, 1.807) is 42.5 Å². The Balaban J connectivity index is 2.18. The van der Waals surface area contributed by atoms with Gasteiger partial charge in [-0.3, -0.25) is 4.79 Å². The molecule has 108 valence electrons. The summed E-state index contributed by atoms with van der Waals surface area (Å²) in [4.78, 5) is 12.2. The van der Waals surface area contributed by atoms with Crippen LogP contribution in [0.5, 0.6) is 0 Å². The molecule has 0 bridgehead atoms. The number of nitrogens with one attached hydrogen (secondary N) is 1. The molecule has 1 unspecified atom stereocenters. The van der Waals surface area contributed by atoms with Crippen LogP contribution in [0.3, 0.4) is 0 Å². The third-order valence-electron chi connectivity index (χ3n) is 3.14. The Bertz CT molecular complexity index is 668. The van der Waals surface area contributed by atoms with Gasteiger partial charge in [-0.15, -0.1) is 0 Å². The van der Waals surface area contributed by atoms with Crippen molar-refractivity contribution in [2.75, 3.05) is 0 Å². The van der Waals surface area contributed by atoms with E-state index in [0.717, 1.165) is 5.56 Å². The molecule has 1 N–H and O–H groups in total. The van der Waals surface area contributed by atoms with Gasteiger partial charge in [-0.25, -0.2) is 0 Å². The molecule has 1 atom stereocenters. The highest BCUT2D eigenvalue weighted by Crippen LogP contribution is 2.28. The van der Waals surface area contributed by atoms with E-state index in [-0.39, 0.29) is 18.1 Å². The lowest BCUT2D eigenvalue weighted by Gasteiger charge is -2.12. The zero-order valence-electron chi connectivity index (χ0n) is 10.9. The summed E-state index contributed by atoms with van der Waals surface area (Å²) in [6, 6.07) is 11.8. The summed E-state index contributed by atoms with van der Waals surface area (Å²) < 4.78 is 0. The van der Waals surface area contributed by atoms with Crippen LogP contribution in [-0.2, 0) is 0 Å². The van der Waals surface area contributed by atoms with E-state index in [1.807, 2.05) is 0 Å². The van der Waals surface area contributed by atoms with Gasteiger partial charge in [0.15, 0.2) is 5.78 Å². The Morgan fingerprint density at radius 2 is 1.71 bits per heavy atom. The van der Waals surface area contributed by atoms with E-state index < -0.39 is 0 Å². The number of rotatable bonds is 5. The Morgan fingerprint density at radius 3 is 2.29 bits per heavy atom. The van der Waals surface area contributed by atoms with Crippen molar-refractivity contribution in [1.29, 1.82) is 5.41 Å². The van der Waals surface area contributed by atoms with Gasteiger partial charge in [0.2, 0.25) is 0 Å². The SMILES string of the molecule is N=CC(CC(=O)c1ccc(Cl)cc1)c1ccc(Cl)c(Cl)c1. The van der Waals surface area contributed by atoms with E-state index >= 15 is 0 Å². The summed E-state index contributed by atoms with van der Waals surface area (Å²) >= 11 is 17.7. The Morgan fingerprint density at radius 1 is 1.05 bits per heavy atom. The van der Waals surface area contributed by atoms with Crippen molar-refractivity contribution in [3.63, 3.8) is 0 Å². The number of hydrogen-bond donors (Lipinski definition) is 1. The lowest BCUT2D eigenvalue weighted by Crippen LogP contribution is -2.08. The minimum absolute atomic E-state index is 0.0498. The zero-order valence-corrected chi connectivity index (χ0v) is 13.2. The zero-order chi connectivity index (χ0) is 15.4. The first-order valence-electron chi connectivity index (χ1n) is 6.25. The van der Waals surface area contributed by atoms with E-state index in [4.69, 9.17) is 40.2 Å². The second-order valence-electron chi connectivity index (χ2n) is 4.58. The van der Waals surface area contributed by atoms with Gasteiger partial charge in [0.05, 0.1) is 10.0 Å². The molecule has 0 aliphatic heterocycles. The van der Waals surface area contributed by atoms with Crippen molar-refractivity contribution in [3.8, 4) is 0 Å². The van der Waals surface area contributed by atoms with Crippen molar-refractivity contribution >= 4 is 46.8 Å². The van der Waals surface area contributed by atoms with Crippen LogP contribution in [0.2, 0.25) is 15.1 Å². The largest absolute Gasteiger partial charge is 0.312 e. The van der Waals surface area contributed by atoms with Crippen LogP contribution in [0.15, 0.2) is 42.5 Å². The Labute approximate surface area is 138 Å². The summed E-state index contributed by atoms with van der Waals surface area (Å²) in [6.45, 7) is 0. The molecule has 2 nitrogen and oxygen atoms in total. The smallest absolute Gasteiger partial charge is 0.163 e. The number of ketones is 1. The fourth-order valence-electron chi connectivity index (χ4n) is 1.97. The van der Waals surface area contributed by atoms with Crippen LogP contribution in [0.1, 0.15) is 28.3 Å². The lowest BCUT2D eigenvalue weighted by molar-refractivity contribution is 0.0980. The molecule has 0 aliphatic carbocycles. The minimum Gasteiger partial charge on any atom is -0.312 e. The van der Waals surface area contributed by atoms with E-state index in [0.29, 0.717) is 20.6 Å². The maximum Gasteiger partial charge on any atom is 0.163 e. The van der Waals surface area contributed by atoms with Gasteiger partial charge in [-0.2, -0.15) is 0 Å². The van der Waals surface area contributed by atoms with Crippen LogP contribution in [0, 0.1) is 5.41 Å². The first-order chi connectivity index (χ1) is 10.0. The number of carbonyl (C=O) groups is 1. The highest BCUT2D eigenvalue weighted by Gasteiger charge is 2.16. The molecule has 0 amide bonds. The molecule has 0 saturated carbocycles. The summed E-state index contributed by atoms with van der Waals surface area (Å²) in [6.07, 6.45) is 1.44. The molecule has 21 heavy (non-hydrogen) atoms. The van der Waals surface area contributed by atoms with Gasteiger partial charge in [0.25, 0.3) is 0 Å². The summed E-state index contributed by atoms with van der Waals surface area (Å²) in [5, 5.41) is 8.99. The Hall–Kier alpha value is -1.35. The molecule has 0 radical (unpaired) electrons. The Kier molecular flexibility index (Phi) is 5.40. The van der Waals surface area contributed by atoms with Gasteiger partial charge in [0, 0.05) is 29.1 Å². The predicted molar refractivity (Wildman–Crippen MR) is 88.4 cm³/mol. The van der Waals surface area contributed by atoms with E-state index in [2.05, 4.69) is 0 Å². The molecule has 2 aromatic carbocycles. The monoisotopic (exact) mass is 339 g/mol. The quantitative estimate of drug-likeness (QED) is 0.554. The molecule has 0 aromatic heterocycles. The fourth-order valence-corrected chi connectivity index (χ4v) is 2.40. The molecule has 0 spiro atoms. The number of carbonyl (C=O) groups excluding carboxylic acids is 1. The first-order valence-corrected chi connectivity index (χ1v) is 7.39.